The number of nitrogens with zero attached hydrogens (tertiary/aromatic N) is 2. The Labute approximate surface area is 115 Å². The monoisotopic (exact) mass is 261 g/mol. The molecule has 1 aromatic rings. The van der Waals surface area contributed by atoms with Crippen LogP contribution in [0.3, 0.4) is 0 Å². The molecular weight excluding hydrogens is 238 g/mol. The van der Waals surface area contributed by atoms with E-state index >= 15 is 0 Å². The van der Waals surface area contributed by atoms with Crippen molar-refractivity contribution in [2.75, 3.05) is 37.4 Å². The maximum atomic E-state index is 12.3. The van der Waals surface area contributed by atoms with E-state index in [0.717, 1.165) is 37.3 Å². The Hall–Kier alpha value is -1.71. The molecule has 4 nitrogen and oxygen atoms in total. The van der Waals surface area contributed by atoms with Crippen molar-refractivity contribution in [1.29, 1.82) is 0 Å². The Bertz CT molecular complexity index is 423. The van der Waals surface area contributed by atoms with Crippen molar-refractivity contribution in [3.8, 4) is 0 Å². The predicted octanol–water partition coefficient (Wildman–Crippen LogP) is 3.16. The number of carbonyl (C=O) groups is 1. The minimum absolute atomic E-state index is 0.0243. The number of hydrogen-bond acceptors (Lipinski definition) is 2. The maximum absolute atomic E-state index is 12.3. The number of likely N-dealkylation sites (tertiary alicyclic amines) is 1. The largest absolute Gasteiger partial charge is 0.376 e. The number of para-hydroxylation sites is 2. The van der Waals surface area contributed by atoms with Gasteiger partial charge >= 0.3 is 6.03 Å². The van der Waals surface area contributed by atoms with Crippen LogP contribution >= 0.6 is 0 Å². The second kappa shape index (κ2) is 6.45. The van der Waals surface area contributed by atoms with Gasteiger partial charge in [0.15, 0.2) is 0 Å². The van der Waals surface area contributed by atoms with Gasteiger partial charge < -0.3 is 15.1 Å². The van der Waals surface area contributed by atoms with Gasteiger partial charge in [-0.1, -0.05) is 25.0 Å². The quantitative estimate of drug-likeness (QED) is 0.887. The van der Waals surface area contributed by atoms with E-state index < -0.39 is 0 Å². The number of urea groups is 1. The van der Waals surface area contributed by atoms with Crippen LogP contribution in [-0.4, -0.2) is 38.1 Å². The summed E-state index contributed by atoms with van der Waals surface area (Å²) in [5, 5.41) is 3.03. The minimum Gasteiger partial charge on any atom is -0.376 e. The molecule has 0 aromatic heterocycles. The molecule has 0 aliphatic carbocycles. The molecule has 1 heterocycles. The van der Waals surface area contributed by atoms with Crippen molar-refractivity contribution < 1.29 is 4.79 Å². The average Bonchev–Trinajstić information content (AvgIpc) is 2.68. The number of nitrogens with one attached hydrogen (secondary N) is 1. The molecule has 0 saturated carbocycles. The molecule has 4 heteroatoms. The number of benzene rings is 1. The lowest BCUT2D eigenvalue weighted by molar-refractivity contribution is 0.214. The van der Waals surface area contributed by atoms with Crippen LogP contribution in [0.4, 0.5) is 16.2 Å². The molecule has 0 atom stereocenters. The van der Waals surface area contributed by atoms with Gasteiger partial charge in [0.1, 0.15) is 0 Å². The highest BCUT2D eigenvalue weighted by atomic mass is 16.2. The molecule has 1 fully saturated rings. The number of rotatable bonds is 2. The van der Waals surface area contributed by atoms with E-state index in [9.17, 15) is 4.79 Å². The summed E-state index contributed by atoms with van der Waals surface area (Å²) in [6.45, 7) is 1.74. The van der Waals surface area contributed by atoms with E-state index in [1.54, 1.807) is 0 Å². The average molecular weight is 261 g/mol. The van der Waals surface area contributed by atoms with Crippen LogP contribution in [0.5, 0.6) is 0 Å². The number of carbonyl (C=O) groups excluding carboxylic acids is 1. The Morgan fingerprint density at radius 1 is 1.11 bits per heavy atom. The van der Waals surface area contributed by atoms with E-state index in [0.29, 0.717) is 0 Å². The Kier molecular flexibility index (Phi) is 4.66. The Balaban J connectivity index is 2.05. The summed E-state index contributed by atoms with van der Waals surface area (Å²) in [5.41, 5.74) is 1.91. The van der Waals surface area contributed by atoms with Gasteiger partial charge in [0.05, 0.1) is 11.4 Å². The van der Waals surface area contributed by atoms with Crippen molar-refractivity contribution in [1.82, 2.24) is 4.90 Å². The molecule has 0 bridgehead atoms. The first-order chi connectivity index (χ1) is 9.18. The zero-order valence-electron chi connectivity index (χ0n) is 11.9. The highest BCUT2D eigenvalue weighted by Gasteiger charge is 2.16. The highest BCUT2D eigenvalue weighted by Crippen LogP contribution is 2.24. The first-order valence-electron chi connectivity index (χ1n) is 7.01. The van der Waals surface area contributed by atoms with Crippen molar-refractivity contribution in [3.05, 3.63) is 24.3 Å². The summed E-state index contributed by atoms with van der Waals surface area (Å²) < 4.78 is 0. The standard InChI is InChI=1S/C15H23N3O/c1-17(2)14-10-6-5-9-13(14)16-15(19)18-11-7-3-4-8-12-18/h5-6,9-10H,3-4,7-8,11-12H2,1-2H3,(H,16,19). The molecule has 1 aliphatic heterocycles. The van der Waals surface area contributed by atoms with Crippen LogP contribution in [0, 0.1) is 0 Å². The molecule has 19 heavy (non-hydrogen) atoms. The first kappa shape index (κ1) is 13.7. The molecule has 1 saturated heterocycles. The lowest BCUT2D eigenvalue weighted by atomic mass is 10.2. The topological polar surface area (TPSA) is 35.6 Å². The lowest BCUT2D eigenvalue weighted by Crippen LogP contribution is -2.35. The Morgan fingerprint density at radius 2 is 1.74 bits per heavy atom. The minimum atomic E-state index is 0.0243. The van der Waals surface area contributed by atoms with Gasteiger partial charge in [-0.2, -0.15) is 0 Å². The van der Waals surface area contributed by atoms with Crippen molar-refractivity contribution in [2.45, 2.75) is 25.7 Å². The normalized spacial score (nSPS) is 15.8. The fourth-order valence-corrected chi connectivity index (χ4v) is 2.44. The van der Waals surface area contributed by atoms with E-state index in [-0.39, 0.29) is 6.03 Å². The van der Waals surface area contributed by atoms with E-state index in [2.05, 4.69) is 5.32 Å². The molecule has 1 N–H and O–H groups in total. The van der Waals surface area contributed by atoms with Crippen LogP contribution in [0.15, 0.2) is 24.3 Å². The number of anilines is 2. The van der Waals surface area contributed by atoms with Gasteiger partial charge in [0, 0.05) is 27.2 Å². The molecule has 0 unspecified atom stereocenters. The van der Waals surface area contributed by atoms with Gasteiger partial charge in [-0.15, -0.1) is 0 Å². The number of hydrogen-bond donors (Lipinski definition) is 1. The van der Waals surface area contributed by atoms with Crippen LogP contribution in [0.1, 0.15) is 25.7 Å². The van der Waals surface area contributed by atoms with Crippen LogP contribution in [0.25, 0.3) is 0 Å². The van der Waals surface area contributed by atoms with Crippen LogP contribution < -0.4 is 10.2 Å². The zero-order valence-corrected chi connectivity index (χ0v) is 11.9. The molecule has 0 spiro atoms. The maximum Gasteiger partial charge on any atom is 0.321 e. The molecule has 104 valence electrons. The summed E-state index contributed by atoms with van der Waals surface area (Å²) in [6.07, 6.45) is 4.70. The van der Waals surface area contributed by atoms with E-state index in [4.69, 9.17) is 0 Å². The van der Waals surface area contributed by atoms with Crippen molar-refractivity contribution >= 4 is 17.4 Å². The first-order valence-corrected chi connectivity index (χ1v) is 7.01. The van der Waals surface area contributed by atoms with Crippen molar-refractivity contribution in [2.24, 2.45) is 0 Å². The molecule has 2 rings (SSSR count). The SMILES string of the molecule is CN(C)c1ccccc1NC(=O)N1CCCCCC1. The fraction of sp³-hybridized carbons (Fsp3) is 0.533. The summed E-state index contributed by atoms with van der Waals surface area (Å²) >= 11 is 0. The van der Waals surface area contributed by atoms with Gasteiger partial charge in [-0.3, -0.25) is 0 Å². The summed E-state index contributed by atoms with van der Waals surface area (Å²) in [4.78, 5) is 16.2. The van der Waals surface area contributed by atoms with Gasteiger partial charge in [-0.05, 0) is 25.0 Å². The van der Waals surface area contributed by atoms with Crippen LogP contribution in [0.2, 0.25) is 0 Å². The molecule has 0 radical (unpaired) electrons. The summed E-state index contributed by atoms with van der Waals surface area (Å²) in [6, 6.07) is 7.92. The van der Waals surface area contributed by atoms with Gasteiger partial charge in [0.2, 0.25) is 0 Å². The van der Waals surface area contributed by atoms with Gasteiger partial charge in [0.25, 0.3) is 0 Å². The molecular formula is C15H23N3O. The van der Waals surface area contributed by atoms with Crippen LogP contribution in [-0.2, 0) is 0 Å². The second-order valence-electron chi connectivity index (χ2n) is 5.24. The Morgan fingerprint density at radius 3 is 2.37 bits per heavy atom. The molecule has 1 aliphatic rings. The van der Waals surface area contributed by atoms with E-state index in [1.165, 1.54) is 12.8 Å². The summed E-state index contributed by atoms with van der Waals surface area (Å²) in [5.74, 6) is 0. The zero-order chi connectivity index (χ0) is 13.7. The van der Waals surface area contributed by atoms with Gasteiger partial charge in [-0.25, -0.2) is 4.79 Å². The molecule has 2 amide bonds. The third kappa shape index (κ3) is 3.63. The van der Waals surface area contributed by atoms with E-state index in [1.807, 2.05) is 48.2 Å². The smallest absolute Gasteiger partial charge is 0.321 e. The molecule has 1 aromatic carbocycles. The van der Waals surface area contributed by atoms with Crippen molar-refractivity contribution in [3.63, 3.8) is 0 Å². The lowest BCUT2D eigenvalue weighted by Gasteiger charge is -2.23. The fourth-order valence-electron chi connectivity index (χ4n) is 2.44. The predicted molar refractivity (Wildman–Crippen MR) is 79.8 cm³/mol. The highest BCUT2D eigenvalue weighted by molar-refractivity contribution is 5.93. The third-order valence-electron chi connectivity index (χ3n) is 3.52. The summed E-state index contributed by atoms with van der Waals surface area (Å²) in [7, 11) is 3.97. The number of amides is 2. The third-order valence-corrected chi connectivity index (χ3v) is 3.52. The second-order valence-corrected chi connectivity index (χ2v) is 5.24.